The number of anilines is 3. The van der Waals surface area contributed by atoms with Gasteiger partial charge >= 0.3 is 6.09 Å². The second-order valence-electron chi connectivity index (χ2n) is 9.77. The summed E-state index contributed by atoms with van der Waals surface area (Å²) in [5, 5.41) is 4.07. The Morgan fingerprint density at radius 3 is 2.73 bits per heavy atom. The van der Waals surface area contributed by atoms with E-state index in [2.05, 4.69) is 25.2 Å². The van der Waals surface area contributed by atoms with E-state index in [4.69, 9.17) is 9.47 Å². The molecule has 196 valence electrons. The van der Waals surface area contributed by atoms with Crippen molar-refractivity contribution in [1.82, 2.24) is 19.9 Å². The van der Waals surface area contributed by atoms with E-state index < -0.39 is 5.60 Å². The van der Waals surface area contributed by atoms with Crippen LogP contribution in [0, 0.1) is 6.92 Å². The van der Waals surface area contributed by atoms with Crippen LogP contribution in [0.4, 0.5) is 21.6 Å². The number of thiazole rings is 1. The quantitative estimate of drug-likeness (QED) is 0.447. The molecule has 4 rings (SSSR count). The zero-order chi connectivity index (χ0) is 26.4. The van der Waals surface area contributed by atoms with E-state index in [0.29, 0.717) is 31.3 Å². The number of methoxy groups -OCH3 is 1. The highest BCUT2D eigenvalue weighted by Crippen LogP contribution is 2.26. The Labute approximate surface area is 222 Å². The Bertz CT molecular complexity index is 1250. The van der Waals surface area contributed by atoms with Gasteiger partial charge in [0.15, 0.2) is 5.13 Å². The van der Waals surface area contributed by atoms with Crippen molar-refractivity contribution in [2.24, 2.45) is 0 Å². The monoisotopic (exact) mass is 522 g/mol. The number of rotatable bonds is 6. The Balaban J connectivity index is 1.40. The molecule has 0 spiro atoms. The fraction of sp³-hybridized carbons (Fsp3) is 0.407. The number of ether oxygens (including phenoxy) is 2. The van der Waals surface area contributed by atoms with Crippen molar-refractivity contribution >= 4 is 46.3 Å². The van der Waals surface area contributed by atoms with Crippen LogP contribution >= 0.6 is 11.3 Å². The summed E-state index contributed by atoms with van der Waals surface area (Å²) in [7, 11) is 1.66. The van der Waals surface area contributed by atoms with Crippen molar-refractivity contribution in [2.75, 3.05) is 43.5 Å². The van der Waals surface area contributed by atoms with Gasteiger partial charge in [0.2, 0.25) is 0 Å². The lowest BCUT2D eigenvalue weighted by molar-refractivity contribution is 0.0263. The molecule has 1 saturated heterocycles. The molecule has 10 heteroatoms. The number of hydrogen-bond acceptors (Lipinski definition) is 9. The Morgan fingerprint density at radius 2 is 1.95 bits per heavy atom. The summed E-state index contributed by atoms with van der Waals surface area (Å²) < 4.78 is 10.8. The normalized spacial score (nSPS) is 14.5. The number of benzene rings is 1. The number of nitrogens with zero attached hydrogens (tertiary/aromatic N) is 5. The van der Waals surface area contributed by atoms with Crippen molar-refractivity contribution in [2.45, 2.75) is 39.7 Å². The van der Waals surface area contributed by atoms with Gasteiger partial charge in [0.1, 0.15) is 28.8 Å². The molecule has 0 aliphatic carbocycles. The first kappa shape index (κ1) is 26.4. The molecule has 1 N–H and O–H groups in total. The number of aryl methyl sites for hydroxylation is 1. The fourth-order valence-electron chi connectivity index (χ4n) is 3.89. The van der Waals surface area contributed by atoms with Crippen LogP contribution in [0.25, 0.3) is 12.2 Å². The van der Waals surface area contributed by atoms with Gasteiger partial charge in [-0.1, -0.05) is 29.5 Å². The van der Waals surface area contributed by atoms with Crippen molar-refractivity contribution in [1.29, 1.82) is 0 Å². The number of carbonyl (C=O) groups excluding carboxylic acids is 1. The van der Waals surface area contributed by atoms with Gasteiger partial charge in [-0.2, -0.15) is 0 Å². The van der Waals surface area contributed by atoms with E-state index in [-0.39, 0.29) is 6.09 Å². The van der Waals surface area contributed by atoms with Crippen molar-refractivity contribution < 1.29 is 14.3 Å². The smallest absolute Gasteiger partial charge is 0.410 e. The molecule has 1 aromatic carbocycles. The lowest BCUT2D eigenvalue weighted by Gasteiger charge is -2.26. The van der Waals surface area contributed by atoms with Gasteiger partial charge in [-0.3, -0.25) is 0 Å². The third-order valence-corrected chi connectivity index (χ3v) is 6.47. The maximum absolute atomic E-state index is 12.5. The highest BCUT2D eigenvalue weighted by atomic mass is 32.1. The average molecular weight is 523 g/mol. The highest BCUT2D eigenvalue weighted by molar-refractivity contribution is 7.16. The molecule has 9 nitrogen and oxygen atoms in total. The maximum Gasteiger partial charge on any atom is 0.410 e. The topological polar surface area (TPSA) is 92.7 Å². The van der Waals surface area contributed by atoms with E-state index in [9.17, 15) is 4.79 Å². The minimum Gasteiger partial charge on any atom is -0.497 e. The molecule has 1 aliphatic rings. The molecule has 3 aromatic rings. The summed E-state index contributed by atoms with van der Waals surface area (Å²) >= 11 is 1.54. The van der Waals surface area contributed by atoms with E-state index in [1.807, 2.05) is 76.4 Å². The molecule has 2 aromatic heterocycles. The molecule has 1 aliphatic heterocycles. The lowest BCUT2D eigenvalue weighted by Crippen LogP contribution is -2.39. The van der Waals surface area contributed by atoms with E-state index in [0.717, 1.165) is 40.1 Å². The molecular formula is C27H34N6O3S. The van der Waals surface area contributed by atoms with Crippen LogP contribution in [-0.4, -0.2) is 64.8 Å². The summed E-state index contributed by atoms with van der Waals surface area (Å²) in [5.41, 5.74) is 0.551. The molecule has 0 unspecified atom stereocenters. The average Bonchev–Trinajstić information content (AvgIpc) is 3.13. The van der Waals surface area contributed by atoms with Crippen LogP contribution in [0.1, 0.15) is 43.5 Å². The van der Waals surface area contributed by atoms with Crippen LogP contribution in [0.3, 0.4) is 0 Å². The summed E-state index contributed by atoms with van der Waals surface area (Å²) in [6.07, 6.45) is 6.46. The van der Waals surface area contributed by atoms with Gasteiger partial charge < -0.3 is 24.6 Å². The molecule has 0 radical (unpaired) electrons. The Hall–Kier alpha value is -3.66. The van der Waals surface area contributed by atoms with Gasteiger partial charge in [0, 0.05) is 43.3 Å². The van der Waals surface area contributed by atoms with Crippen LogP contribution in [-0.2, 0) is 4.74 Å². The summed E-state index contributed by atoms with van der Waals surface area (Å²) in [6.45, 7) is 10.2. The first-order chi connectivity index (χ1) is 17.7. The van der Waals surface area contributed by atoms with Crippen LogP contribution in [0.2, 0.25) is 0 Å². The number of aromatic nitrogens is 3. The summed E-state index contributed by atoms with van der Waals surface area (Å²) in [4.78, 5) is 31.2. The zero-order valence-electron chi connectivity index (χ0n) is 22.0. The van der Waals surface area contributed by atoms with E-state index in [1.54, 1.807) is 23.3 Å². The van der Waals surface area contributed by atoms with Gasteiger partial charge in [-0.25, -0.2) is 19.7 Å². The first-order valence-corrected chi connectivity index (χ1v) is 13.1. The Morgan fingerprint density at radius 1 is 1.11 bits per heavy atom. The summed E-state index contributed by atoms with van der Waals surface area (Å²) in [5.74, 6) is 3.01. The van der Waals surface area contributed by atoms with Crippen LogP contribution < -0.4 is 15.0 Å². The number of hydrogen-bond donors (Lipinski definition) is 1. The number of nitrogens with one attached hydrogen (secondary N) is 1. The standard InChI is InChI=1S/C27H34N6O3S/c1-19-29-23(31-25-28-18-22(37-25)11-10-20-8-6-9-21(16-20)35-5)17-24(30-19)32-12-7-13-33(15-14-32)26(34)36-27(2,3)4/h6,8-11,16-18H,7,12-15H2,1-5H3,(H,28,29,30,31). The molecular weight excluding hydrogens is 488 g/mol. The number of carbonyl (C=O) groups is 1. The van der Waals surface area contributed by atoms with E-state index >= 15 is 0 Å². The number of amides is 1. The largest absolute Gasteiger partial charge is 0.497 e. The first-order valence-electron chi connectivity index (χ1n) is 12.3. The Kier molecular flexibility index (Phi) is 8.27. The second-order valence-corrected chi connectivity index (χ2v) is 10.8. The summed E-state index contributed by atoms with van der Waals surface area (Å²) in [6, 6.07) is 9.83. The minimum atomic E-state index is -0.506. The predicted octanol–water partition coefficient (Wildman–Crippen LogP) is 5.61. The molecule has 1 fully saturated rings. The SMILES string of the molecule is COc1cccc(C=Cc2cnc(Nc3cc(N4CCCN(C(=O)OC(C)(C)C)CC4)nc(C)n3)s2)c1. The highest BCUT2D eigenvalue weighted by Gasteiger charge is 2.25. The third kappa shape index (κ3) is 7.66. The van der Waals surface area contributed by atoms with Crippen molar-refractivity contribution in [3.63, 3.8) is 0 Å². The molecule has 0 saturated carbocycles. The van der Waals surface area contributed by atoms with Gasteiger partial charge in [0.25, 0.3) is 0 Å². The molecule has 0 bridgehead atoms. The van der Waals surface area contributed by atoms with Gasteiger partial charge in [-0.05, 0) is 57.9 Å². The minimum absolute atomic E-state index is 0.268. The lowest BCUT2D eigenvalue weighted by atomic mass is 10.2. The second kappa shape index (κ2) is 11.6. The molecule has 3 heterocycles. The van der Waals surface area contributed by atoms with E-state index in [1.165, 1.54) is 0 Å². The molecule has 1 amide bonds. The van der Waals surface area contributed by atoms with Crippen molar-refractivity contribution in [3.8, 4) is 5.75 Å². The maximum atomic E-state index is 12.5. The van der Waals surface area contributed by atoms with Gasteiger partial charge in [0.05, 0.1) is 7.11 Å². The van der Waals surface area contributed by atoms with Crippen molar-refractivity contribution in [3.05, 3.63) is 52.8 Å². The molecule has 0 atom stereocenters. The van der Waals surface area contributed by atoms with Crippen LogP contribution in [0.5, 0.6) is 5.75 Å². The third-order valence-electron chi connectivity index (χ3n) is 5.59. The predicted molar refractivity (Wildman–Crippen MR) is 149 cm³/mol. The zero-order valence-corrected chi connectivity index (χ0v) is 22.8. The van der Waals surface area contributed by atoms with Gasteiger partial charge in [-0.15, -0.1) is 0 Å². The molecule has 37 heavy (non-hydrogen) atoms. The van der Waals surface area contributed by atoms with Crippen LogP contribution in [0.15, 0.2) is 36.5 Å². The fourth-order valence-corrected chi connectivity index (χ4v) is 4.61.